The average Bonchev–Trinajstić information content (AvgIpc) is 2.54. The molecule has 7 nitrogen and oxygen atoms in total. The van der Waals surface area contributed by atoms with Crippen LogP contribution in [0, 0.1) is 21.4 Å². The van der Waals surface area contributed by atoms with Crippen molar-refractivity contribution in [3.63, 3.8) is 0 Å². The number of hydrogen-bond acceptors (Lipinski definition) is 6. The van der Waals surface area contributed by atoms with Gasteiger partial charge in [0, 0.05) is 17.7 Å². The highest BCUT2D eigenvalue weighted by Crippen LogP contribution is 2.34. The van der Waals surface area contributed by atoms with E-state index in [-0.39, 0.29) is 22.7 Å². The molecule has 2 rings (SSSR count). The SMILES string of the molecule is COc1ccc(C=O)cc1Oc1ccc([N+](=O)[O-])cc1C#N. The molecule has 0 heterocycles. The van der Waals surface area contributed by atoms with E-state index in [1.54, 1.807) is 12.1 Å². The van der Waals surface area contributed by atoms with Crippen LogP contribution >= 0.6 is 0 Å². The van der Waals surface area contributed by atoms with Crippen LogP contribution in [0.25, 0.3) is 0 Å². The zero-order chi connectivity index (χ0) is 16.1. The number of methoxy groups -OCH3 is 1. The lowest BCUT2D eigenvalue weighted by atomic mass is 10.2. The molecule has 0 spiro atoms. The third-order valence-corrected chi connectivity index (χ3v) is 2.84. The van der Waals surface area contributed by atoms with Gasteiger partial charge in [-0.15, -0.1) is 0 Å². The lowest BCUT2D eigenvalue weighted by molar-refractivity contribution is -0.384. The summed E-state index contributed by atoms with van der Waals surface area (Å²) in [6, 6.07) is 10.1. The van der Waals surface area contributed by atoms with Gasteiger partial charge in [-0.3, -0.25) is 14.9 Å². The Morgan fingerprint density at radius 1 is 1.18 bits per heavy atom. The molecule has 0 bridgehead atoms. The van der Waals surface area contributed by atoms with Crippen molar-refractivity contribution < 1.29 is 19.2 Å². The van der Waals surface area contributed by atoms with Gasteiger partial charge in [-0.1, -0.05) is 0 Å². The first-order valence-corrected chi connectivity index (χ1v) is 6.08. The Morgan fingerprint density at radius 2 is 1.91 bits per heavy atom. The van der Waals surface area contributed by atoms with Gasteiger partial charge in [0.1, 0.15) is 23.7 Å². The number of nitriles is 1. The molecule has 22 heavy (non-hydrogen) atoms. The minimum atomic E-state index is -0.599. The summed E-state index contributed by atoms with van der Waals surface area (Å²) < 4.78 is 10.7. The molecule has 2 aromatic carbocycles. The molecular weight excluding hydrogens is 288 g/mol. The summed E-state index contributed by atoms with van der Waals surface area (Å²) >= 11 is 0. The van der Waals surface area contributed by atoms with E-state index in [9.17, 15) is 14.9 Å². The number of ether oxygens (including phenoxy) is 2. The number of aldehydes is 1. The van der Waals surface area contributed by atoms with Gasteiger partial charge < -0.3 is 9.47 Å². The molecule has 0 N–H and O–H groups in total. The summed E-state index contributed by atoms with van der Waals surface area (Å²) in [6.45, 7) is 0. The van der Waals surface area contributed by atoms with E-state index in [1.807, 2.05) is 6.07 Å². The topological polar surface area (TPSA) is 102 Å². The summed E-state index contributed by atoms with van der Waals surface area (Å²) in [6.07, 6.45) is 0.646. The van der Waals surface area contributed by atoms with Crippen LogP contribution in [0.3, 0.4) is 0 Å². The minimum absolute atomic E-state index is 0.00718. The smallest absolute Gasteiger partial charge is 0.271 e. The van der Waals surface area contributed by atoms with E-state index >= 15 is 0 Å². The van der Waals surface area contributed by atoms with Crippen molar-refractivity contribution in [1.82, 2.24) is 0 Å². The Kier molecular flexibility index (Phi) is 4.34. The van der Waals surface area contributed by atoms with E-state index in [0.29, 0.717) is 17.6 Å². The van der Waals surface area contributed by atoms with E-state index in [4.69, 9.17) is 14.7 Å². The number of nitro benzene ring substituents is 1. The predicted octanol–water partition coefficient (Wildman–Crippen LogP) is 3.08. The first kappa shape index (κ1) is 15.0. The van der Waals surface area contributed by atoms with Crippen LogP contribution in [0.2, 0.25) is 0 Å². The number of rotatable bonds is 5. The number of benzene rings is 2. The Hall–Kier alpha value is -3.40. The molecule has 0 fully saturated rings. The molecule has 7 heteroatoms. The number of hydrogen-bond donors (Lipinski definition) is 0. The standard InChI is InChI=1S/C15H10N2O5/c1-21-14-4-2-10(9-18)6-15(14)22-13-5-3-12(17(19)20)7-11(13)8-16/h2-7,9H,1H3. The fourth-order valence-corrected chi connectivity index (χ4v) is 1.77. The molecule has 0 aliphatic heterocycles. The maximum absolute atomic E-state index is 10.8. The highest BCUT2D eigenvalue weighted by atomic mass is 16.6. The van der Waals surface area contributed by atoms with E-state index in [0.717, 1.165) is 6.07 Å². The summed E-state index contributed by atoms with van der Waals surface area (Å²) in [7, 11) is 1.43. The van der Waals surface area contributed by atoms with Crippen LogP contribution in [0.1, 0.15) is 15.9 Å². The molecule has 0 saturated heterocycles. The second kappa shape index (κ2) is 6.37. The van der Waals surface area contributed by atoms with Gasteiger partial charge in [0.2, 0.25) is 0 Å². The van der Waals surface area contributed by atoms with Crippen LogP contribution in [0.5, 0.6) is 17.2 Å². The van der Waals surface area contributed by atoms with E-state index in [2.05, 4.69) is 0 Å². The number of nitrogens with zero attached hydrogens (tertiary/aromatic N) is 2. The van der Waals surface area contributed by atoms with Crippen molar-refractivity contribution in [3.05, 3.63) is 57.6 Å². The second-order valence-corrected chi connectivity index (χ2v) is 4.18. The van der Waals surface area contributed by atoms with Gasteiger partial charge in [0.15, 0.2) is 11.5 Å². The summed E-state index contributed by atoms with van der Waals surface area (Å²) in [5.41, 5.74) is 0.168. The van der Waals surface area contributed by atoms with Crippen molar-refractivity contribution in [2.75, 3.05) is 7.11 Å². The maximum atomic E-state index is 10.8. The molecule has 0 amide bonds. The van der Waals surface area contributed by atoms with Crippen molar-refractivity contribution in [2.45, 2.75) is 0 Å². The van der Waals surface area contributed by atoms with Gasteiger partial charge in [0.25, 0.3) is 5.69 Å². The second-order valence-electron chi connectivity index (χ2n) is 4.18. The molecule has 0 unspecified atom stereocenters. The zero-order valence-electron chi connectivity index (χ0n) is 11.5. The molecule has 0 aromatic heterocycles. The Labute approximate surface area is 125 Å². The molecule has 2 aromatic rings. The van der Waals surface area contributed by atoms with Gasteiger partial charge in [-0.05, 0) is 24.3 Å². The molecule has 0 atom stereocenters. The number of non-ortho nitro benzene ring substituents is 1. The highest BCUT2D eigenvalue weighted by Gasteiger charge is 2.14. The van der Waals surface area contributed by atoms with Crippen LogP contribution in [-0.4, -0.2) is 18.3 Å². The van der Waals surface area contributed by atoms with Crippen LogP contribution < -0.4 is 9.47 Å². The third kappa shape index (κ3) is 3.02. The monoisotopic (exact) mass is 298 g/mol. The fraction of sp³-hybridized carbons (Fsp3) is 0.0667. The Balaban J connectivity index is 2.45. The van der Waals surface area contributed by atoms with Crippen molar-refractivity contribution in [3.8, 4) is 23.3 Å². The maximum Gasteiger partial charge on any atom is 0.271 e. The van der Waals surface area contributed by atoms with Crippen LogP contribution in [-0.2, 0) is 0 Å². The molecule has 0 saturated carbocycles. The van der Waals surface area contributed by atoms with Crippen LogP contribution in [0.15, 0.2) is 36.4 Å². The van der Waals surface area contributed by atoms with Gasteiger partial charge in [0.05, 0.1) is 12.0 Å². The van der Waals surface area contributed by atoms with Crippen LogP contribution in [0.4, 0.5) is 5.69 Å². The summed E-state index contributed by atoms with van der Waals surface area (Å²) in [4.78, 5) is 20.9. The quantitative estimate of drug-likeness (QED) is 0.477. The number of carbonyl (C=O) groups is 1. The van der Waals surface area contributed by atoms with Crippen molar-refractivity contribution >= 4 is 12.0 Å². The number of nitro groups is 1. The predicted molar refractivity (Wildman–Crippen MR) is 76.3 cm³/mol. The normalized spacial score (nSPS) is 9.64. The summed E-state index contributed by atoms with van der Waals surface area (Å²) in [5, 5.41) is 19.8. The van der Waals surface area contributed by atoms with Crippen molar-refractivity contribution in [1.29, 1.82) is 5.26 Å². The largest absolute Gasteiger partial charge is 0.493 e. The lowest BCUT2D eigenvalue weighted by Crippen LogP contribution is -1.95. The summed E-state index contributed by atoms with van der Waals surface area (Å²) in [5.74, 6) is 0.736. The Bertz CT molecular complexity index is 780. The molecule has 0 radical (unpaired) electrons. The number of carbonyl (C=O) groups excluding carboxylic acids is 1. The average molecular weight is 298 g/mol. The third-order valence-electron chi connectivity index (χ3n) is 2.84. The Morgan fingerprint density at radius 3 is 2.50 bits per heavy atom. The van der Waals surface area contributed by atoms with Gasteiger partial charge >= 0.3 is 0 Å². The highest BCUT2D eigenvalue weighted by molar-refractivity contribution is 5.76. The zero-order valence-corrected chi connectivity index (χ0v) is 11.5. The molecule has 0 aliphatic rings. The fourth-order valence-electron chi connectivity index (χ4n) is 1.77. The van der Waals surface area contributed by atoms with Gasteiger partial charge in [-0.2, -0.15) is 5.26 Å². The van der Waals surface area contributed by atoms with E-state index < -0.39 is 4.92 Å². The molecule has 110 valence electrons. The first-order valence-electron chi connectivity index (χ1n) is 6.08. The minimum Gasteiger partial charge on any atom is -0.493 e. The molecular formula is C15H10N2O5. The molecule has 0 aliphatic carbocycles. The first-order chi connectivity index (χ1) is 10.6. The lowest BCUT2D eigenvalue weighted by Gasteiger charge is -2.11. The van der Waals surface area contributed by atoms with E-state index in [1.165, 1.54) is 25.3 Å². The van der Waals surface area contributed by atoms with Gasteiger partial charge in [-0.25, -0.2) is 0 Å². The van der Waals surface area contributed by atoms with Crippen molar-refractivity contribution in [2.24, 2.45) is 0 Å².